The van der Waals surface area contributed by atoms with Gasteiger partial charge in [-0.1, -0.05) is 13.8 Å². The van der Waals surface area contributed by atoms with Crippen LogP contribution in [0.2, 0.25) is 0 Å². The quantitative estimate of drug-likeness (QED) is 0.292. The molecule has 0 unspecified atom stereocenters. The van der Waals surface area contributed by atoms with Gasteiger partial charge in [0.25, 0.3) is 0 Å². The third kappa shape index (κ3) is 3.66. The summed E-state index contributed by atoms with van der Waals surface area (Å²) < 4.78 is 0. The van der Waals surface area contributed by atoms with E-state index in [0.717, 1.165) is 6.34 Å². The van der Waals surface area contributed by atoms with Crippen LogP contribution in [-0.2, 0) is 0 Å². The molecule has 76 valence electrons. The van der Waals surface area contributed by atoms with Crippen molar-refractivity contribution >= 4 is 17.7 Å². The molecule has 0 spiro atoms. The van der Waals surface area contributed by atoms with Crippen LogP contribution in [0.4, 0.5) is 11.4 Å². The first-order valence-corrected chi connectivity index (χ1v) is 4.22. The molecule has 0 aliphatic carbocycles. The number of phenols is 1. The standard InChI is InChI=1S/C7H8N4O.C2H6/c8-4-10-11-7-2-1-5(12)3-6(7)9;1-2/h1-4,8,12H,9H2;1-2H3. The van der Waals surface area contributed by atoms with Gasteiger partial charge in [-0.2, -0.15) is 0 Å². The van der Waals surface area contributed by atoms with Crippen LogP contribution in [0.25, 0.3) is 0 Å². The number of phenolic OH excluding ortho intramolecular Hbond substituents is 1. The second kappa shape index (κ2) is 6.59. The topological polar surface area (TPSA) is 94.8 Å². The van der Waals surface area contributed by atoms with E-state index >= 15 is 0 Å². The summed E-state index contributed by atoms with van der Waals surface area (Å²) in [4.78, 5) is 0. The number of anilines is 1. The van der Waals surface area contributed by atoms with Crippen LogP contribution >= 0.6 is 0 Å². The lowest BCUT2D eigenvalue weighted by molar-refractivity contribution is 0.475. The van der Waals surface area contributed by atoms with Crippen LogP contribution in [0.1, 0.15) is 13.8 Å². The highest BCUT2D eigenvalue weighted by atomic mass is 16.3. The second-order valence-electron chi connectivity index (χ2n) is 2.09. The molecule has 0 aliphatic heterocycles. The van der Waals surface area contributed by atoms with Gasteiger partial charge in [-0.25, -0.2) is 0 Å². The highest BCUT2D eigenvalue weighted by Crippen LogP contribution is 2.25. The largest absolute Gasteiger partial charge is 0.508 e. The lowest BCUT2D eigenvalue weighted by Gasteiger charge is -1.97. The number of benzene rings is 1. The predicted octanol–water partition coefficient (Wildman–Crippen LogP) is 2.69. The molecule has 0 saturated carbocycles. The molecule has 1 aromatic carbocycles. The molecule has 0 bridgehead atoms. The Bertz CT molecular complexity index is 323. The number of nitrogen functional groups attached to an aromatic ring is 1. The lowest BCUT2D eigenvalue weighted by atomic mass is 10.2. The molecule has 1 rings (SSSR count). The Morgan fingerprint density at radius 1 is 1.43 bits per heavy atom. The van der Waals surface area contributed by atoms with Crippen molar-refractivity contribution in [2.75, 3.05) is 5.73 Å². The summed E-state index contributed by atoms with van der Waals surface area (Å²) in [5.41, 5.74) is 6.25. The van der Waals surface area contributed by atoms with Gasteiger partial charge in [0.2, 0.25) is 0 Å². The van der Waals surface area contributed by atoms with Gasteiger partial charge in [-0.05, 0) is 12.1 Å². The number of hydrogen-bond acceptors (Lipinski definition) is 4. The van der Waals surface area contributed by atoms with Crippen LogP contribution in [0.15, 0.2) is 28.4 Å². The first kappa shape index (κ1) is 12.1. The number of aromatic hydroxyl groups is 1. The molecule has 14 heavy (non-hydrogen) atoms. The third-order valence-electron chi connectivity index (χ3n) is 1.23. The van der Waals surface area contributed by atoms with Gasteiger partial charge in [-0.15, -0.1) is 10.2 Å². The number of nitrogens with two attached hydrogens (primary N) is 1. The van der Waals surface area contributed by atoms with Crippen molar-refractivity contribution < 1.29 is 5.11 Å². The number of rotatable bonds is 2. The number of hydrogen-bond donors (Lipinski definition) is 3. The van der Waals surface area contributed by atoms with Crippen LogP contribution in [-0.4, -0.2) is 11.4 Å². The summed E-state index contributed by atoms with van der Waals surface area (Å²) in [5, 5.41) is 22.5. The third-order valence-corrected chi connectivity index (χ3v) is 1.23. The van der Waals surface area contributed by atoms with Crippen LogP contribution in [0.3, 0.4) is 0 Å². The first-order chi connectivity index (χ1) is 6.74. The summed E-state index contributed by atoms with van der Waals surface area (Å²) in [5.74, 6) is 0.0845. The van der Waals surface area contributed by atoms with Crippen molar-refractivity contribution in [3.8, 4) is 5.75 Å². The molecule has 0 fully saturated rings. The zero-order chi connectivity index (χ0) is 11.0. The van der Waals surface area contributed by atoms with Crippen LogP contribution in [0, 0.1) is 5.41 Å². The molecular formula is C9H14N4O. The molecule has 5 heteroatoms. The molecule has 0 radical (unpaired) electrons. The van der Waals surface area contributed by atoms with Crippen LogP contribution < -0.4 is 5.73 Å². The summed E-state index contributed by atoms with van der Waals surface area (Å²) >= 11 is 0. The molecule has 0 heterocycles. The van der Waals surface area contributed by atoms with E-state index in [1.165, 1.54) is 18.2 Å². The van der Waals surface area contributed by atoms with Crippen molar-refractivity contribution in [2.24, 2.45) is 10.2 Å². The summed E-state index contributed by atoms with van der Waals surface area (Å²) in [6.45, 7) is 4.00. The summed E-state index contributed by atoms with van der Waals surface area (Å²) in [7, 11) is 0. The first-order valence-electron chi connectivity index (χ1n) is 4.22. The van der Waals surface area contributed by atoms with E-state index in [1.807, 2.05) is 13.8 Å². The molecule has 0 aromatic heterocycles. The minimum atomic E-state index is 0.0845. The molecule has 0 saturated heterocycles. The minimum Gasteiger partial charge on any atom is -0.508 e. The van der Waals surface area contributed by atoms with E-state index in [0.29, 0.717) is 11.4 Å². The zero-order valence-electron chi connectivity index (χ0n) is 8.23. The van der Waals surface area contributed by atoms with Crippen molar-refractivity contribution in [2.45, 2.75) is 13.8 Å². The fraction of sp³-hybridized carbons (Fsp3) is 0.222. The van der Waals surface area contributed by atoms with Gasteiger partial charge in [0.05, 0.1) is 5.69 Å². The highest BCUT2D eigenvalue weighted by molar-refractivity contribution is 5.65. The molecule has 1 aromatic rings. The molecule has 0 atom stereocenters. The Morgan fingerprint density at radius 3 is 2.57 bits per heavy atom. The van der Waals surface area contributed by atoms with Gasteiger partial charge in [0.15, 0.2) is 0 Å². The smallest absolute Gasteiger partial charge is 0.129 e. The summed E-state index contributed by atoms with van der Waals surface area (Å²) in [6, 6.07) is 4.35. The summed E-state index contributed by atoms with van der Waals surface area (Å²) in [6.07, 6.45) is 0.812. The van der Waals surface area contributed by atoms with E-state index in [2.05, 4.69) is 10.2 Å². The van der Waals surface area contributed by atoms with E-state index in [1.54, 1.807) is 0 Å². The molecule has 5 nitrogen and oxygen atoms in total. The van der Waals surface area contributed by atoms with Gasteiger partial charge in [-0.3, -0.25) is 5.41 Å². The van der Waals surface area contributed by atoms with Gasteiger partial charge in [0.1, 0.15) is 17.8 Å². The molecular weight excluding hydrogens is 180 g/mol. The van der Waals surface area contributed by atoms with Crippen molar-refractivity contribution in [3.63, 3.8) is 0 Å². The SMILES string of the molecule is CC.N=CN=Nc1ccc(O)cc1N. The Hall–Kier alpha value is -1.91. The average molecular weight is 194 g/mol. The minimum absolute atomic E-state index is 0.0845. The lowest BCUT2D eigenvalue weighted by Crippen LogP contribution is -1.83. The maximum Gasteiger partial charge on any atom is 0.129 e. The number of nitrogens with one attached hydrogen (secondary N) is 1. The fourth-order valence-corrected chi connectivity index (χ4v) is 0.724. The fourth-order valence-electron chi connectivity index (χ4n) is 0.724. The van der Waals surface area contributed by atoms with E-state index in [-0.39, 0.29) is 5.75 Å². The Balaban J connectivity index is 0.000000791. The zero-order valence-corrected chi connectivity index (χ0v) is 8.23. The number of azo groups is 1. The van der Waals surface area contributed by atoms with E-state index in [4.69, 9.17) is 16.2 Å². The van der Waals surface area contributed by atoms with Crippen molar-refractivity contribution in [3.05, 3.63) is 18.2 Å². The maximum atomic E-state index is 8.97. The van der Waals surface area contributed by atoms with E-state index < -0.39 is 0 Å². The number of nitrogens with zero attached hydrogens (tertiary/aromatic N) is 2. The maximum absolute atomic E-state index is 8.97. The molecule has 0 aliphatic rings. The second-order valence-corrected chi connectivity index (χ2v) is 2.09. The Morgan fingerprint density at radius 2 is 2.07 bits per heavy atom. The average Bonchev–Trinajstić information content (AvgIpc) is 2.20. The highest BCUT2D eigenvalue weighted by Gasteiger charge is 1.97. The normalized spacial score (nSPS) is 9.29. The van der Waals surface area contributed by atoms with Crippen molar-refractivity contribution in [1.29, 1.82) is 5.41 Å². The van der Waals surface area contributed by atoms with Gasteiger partial charge in [0, 0.05) is 6.07 Å². The van der Waals surface area contributed by atoms with E-state index in [9.17, 15) is 0 Å². The predicted molar refractivity (Wildman–Crippen MR) is 57.2 cm³/mol. The van der Waals surface area contributed by atoms with Crippen LogP contribution in [0.5, 0.6) is 5.75 Å². The van der Waals surface area contributed by atoms with Gasteiger partial charge >= 0.3 is 0 Å². The Labute approximate surface area is 82.8 Å². The molecule has 4 N–H and O–H groups in total. The Kier molecular flexibility index (Phi) is 5.69. The monoisotopic (exact) mass is 194 g/mol. The molecule has 0 amide bonds. The van der Waals surface area contributed by atoms with Gasteiger partial charge < -0.3 is 10.8 Å². The van der Waals surface area contributed by atoms with Crippen molar-refractivity contribution in [1.82, 2.24) is 0 Å².